The lowest BCUT2D eigenvalue weighted by Gasteiger charge is -2.48. The number of fused-ring (bicyclic) bond motifs is 1. The van der Waals surface area contributed by atoms with Crippen molar-refractivity contribution < 1.29 is 19.4 Å². The average molecular weight is 568 g/mol. The summed E-state index contributed by atoms with van der Waals surface area (Å²) in [6.07, 6.45) is 2.99. The van der Waals surface area contributed by atoms with Gasteiger partial charge in [-0.2, -0.15) is 0 Å². The Bertz CT molecular complexity index is 1360. The van der Waals surface area contributed by atoms with Crippen LogP contribution in [0.25, 0.3) is 0 Å². The molecule has 5 rings (SSSR count). The molecule has 0 aromatic heterocycles. The minimum absolute atomic E-state index is 0.201. The predicted molar refractivity (Wildman–Crippen MR) is 153 cm³/mol. The molecular formula is C31H32Cl2N2O4. The van der Waals surface area contributed by atoms with Gasteiger partial charge in [0.2, 0.25) is 5.91 Å². The van der Waals surface area contributed by atoms with Crippen LogP contribution in [0.3, 0.4) is 0 Å². The molecule has 0 unspecified atom stereocenters. The highest BCUT2D eigenvalue weighted by Crippen LogP contribution is 2.47. The number of carbonyl (C=O) groups is 2. The highest BCUT2D eigenvalue weighted by Gasteiger charge is 2.48. The molecule has 0 spiro atoms. The fourth-order valence-electron chi connectivity index (χ4n) is 5.96. The number of aliphatic hydroxyl groups excluding tert-OH is 1. The van der Waals surface area contributed by atoms with Crippen molar-refractivity contribution in [3.05, 3.63) is 99.0 Å². The summed E-state index contributed by atoms with van der Waals surface area (Å²) in [5, 5.41) is 15.0. The topological polar surface area (TPSA) is 78.9 Å². The number of rotatable bonds is 7. The second-order valence-electron chi connectivity index (χ2n) is 10.2. The zero-order chi connectivity index (χ0) is 27.5. The van der Waals surface area contributed by atoms with Gasteiger partial charge in [0.25, 0.3) is 5.91 Å². The Morgan fingerprint density at radius 2 is 1.82 bits per heavy atom. The molecule has 204 valence electrons. The van der Waals surface area contributed by atoms with Crippen molar-refractivity contribution in [1.29, 1.82) is 0 Å². The Kier molecular flexibility index (Phi) is 8.46. The smallest absolute Gasteiger partial charge is 0.255 e. The van der Waals surface area contributed by atoms with Crippen LogP contribution in [0, 0.1) is 0 Å². The van der Waals surface area contributed by atoms with E-state index in [1.807, 2.05) is 36.4 Å². The first-order chi connectivity index (χ1) is 18.9. The monoisotopic (exact) mass is 566 g/mol. The number of ether oxygens (including phenoxy) is 1. The second kappa shape index (κ2) is 12.0. The highest BCUT2D eigenvalue weighted by atomic mass is 35.5. The summed E-state index contributed by atoms with van der Waals surface area (Å²) in [5.41, 5.74) is 2.80. The first-order valence-electron chi connectivity index (χ1n) is 13.3. The third kappa shape index (κ3) is 5.65. The summed E-state index contributed by atoms with van der Waals surface area (Å²) in [5.74, 6) is -0.369. The minimum Gasteiger partial charge on any atom is -0.497 e. The van der Waals surface area contributed by atoms with Gasteiger partial charge >= 0.3 is 0 Å². The number of methoxy groups -OCH3 is 1. The molecular weight excluding hydrogens is 535 g/mol. The van der Waals surface area contributed by atoms with Crippen LogP contribution in [-0.4, -0.2) is 47.6 Å². The van der Waals surface area contributed by atoms with E-state index in [0.717, 1.165) is 24.2 Å². The molecule has 0 radical (unpaired) electrons. The molecule has 1 aliphatic heterocycles. The van der Waals surface area contributed by atoms with Crippen LogP contribution in [0.4, 0.5) is 0 Å². The lowest BCUT2D eigenvalue weighted by molar-refractivity contribution is -0.125. The van der Waals surface area contributed by atoms with Crippen LogP contribution in [0.1, 0.15) is 64.7 Å². The summed E-state index contributed by atoms with van der Waals surface area (Å²) in [4.78, 5) is 29.8. The van der Waals surface area contributed by atoms with Gasteiger partial charge in [-0.15, -0.1) is 0 Å². The summed E-state index contributed by atoms with van der Waals surface area (Å²) < 4.78 is 5.32. The van der Waals surface area contributed by atoms with Crippen LogP contribution in [0.15, 0.2) is 66.7 Å². The Labute approximate surface area is 238 Å². The molecule has 0 bridgehead atoms. The predicted octanol–water partition coefficient (Wildman–Crippen LogP) is 5.95. The Balaban J connectivity index is 1.54. The maximum atomic E-state index is 14.1. The standard InChI is InChI=1S/C31H32Cl2N2O4/c1-39-21-8-6-7-19(17-21)15-16-34-30(37)28-22-9-2-3-10-23(22)31(38)35(26-11-4-5-12-27(26)36)29(28)24-14-13-20(32)18-25(24)33/h2-3,6-10,13-14,17-18,26-29,36H,4-5,11-12,15-16H2,1H3,(H,34,37)/t26-,27-,28+,29-/m0/s1. The van der Waals surface area contributed by atoms with Crippen molar-refractivity contribution in [2.24, 2.45) is 0 Å². The zero-order valence-corrected chi connectivity index (χ0v) is 23.3. The van der Waals surface area contributed by atoms with Gasteiger partial charge in [0.05, 0.1) is 31.2 Å². The zero-order valence-electron chi connectivity index (χ0n) is 21.8. The van der Waals surface area contributed by atoms with Gasteiger partial charge < -0.3 is 20.1 Å². The number of hydrogen-bond acceptors (Lipinski definition) is 4. The van der Waals surface area contributed by atoms with Gasteiger partial charge in [-0.05, 0) is 66.3 Å². The van der Waals surface area contributed by atoms with Crippen molar-refractivity contribution in [1.82, 2.24) is 10.2 Å². The Hall–Kier alpha value is -3.06. The van der Waals surface area contributed by atoms with Crippen LogP contribution < -0.4 is 10.1 Å². The molecule has 2 aliphatic rings. The van der Waals surface area contributed by atoms with E-state index in [1.54, 1.807) is 42.3 Å². The van der Waals surface area contributed by atoms with Gasteiger partial charge in [-0.3, -0.25) is 9.59 Å². The SMILES string of the molecule is COc1cccc(CCNC(=O)[C@@H]2c3ccccc3C(=O)N([C@H]3CCCC[C@@H]3O)[C@H]2c2ccc(Cl)cc2Cl)c1. The summed E-state index contributed by atoms with van der Waals surface area (Å²) in [6, 6.07) is 19.0. The number of benzene rings is 3. The summed E-state index contributed by atoms with van der Waals surface area (Å²) in [7, 11) is 1.62. The molecule has 0 saturated heterocycles. The van der Waals surface area contributed by atoms with Crippen molar-refractivity contribution in [3.8, 4) is 5.75 Å². The van der Waals surface area contributed by atoms with E-state index in [0.29, 0.717) is 52.5 Å². The van der Waals surface area contributed by atoms with Gasteiger partial charge in [-0.1, -0.05) is 72.4 Å². The maximum Gasteiger partial charge on any atom is 0.255 e. The first-order valence-corrected chi connectivity index (χ1v) is 14.1. The maximum absolute atomic E-state index is 14.1. The van der Waals surface area contributed by atoms with Gasteiger partial charge in [-0.25, -0.2) is 0 Å². The number of halogens is 2. The van der Waals surface area contributed by atoms with Crippen LogP contribution in [0.2, 0.25) is 10.0 Å². The molecule has 1 heterocycles. The Morgan fingerprint density at radius 1 is 1.03 bits per heavy atom. The molecule has 3 aromatic rings. The molecule has 8 heteroatoms. The third-order valence-electron chi connectivity index (χ3n) is 7.84. The molecule has 4 atom stereocenters. The highest BCUT2D eigenvalue weighted by molar-refractivity contribution is 6.35. The molecule has 1 fully saturated rings. The van der Waals surface area contributed by atoms with Crippen molar-refractivity contribution in [3.63, 3.8) is 0 Å². The van der Waals surface area contributed by atoms with Gasteiger partial charge in [0, 0.05) is 22.2 Å². The number of hydrogen-bond donors (Lipinski definition) is 2. The molecule has 1 aliphatic carbocycles. The second-order valence-corrected chi connectivity index (χ2v) is 11.0. The quantitative estimate of drug-likeness (QED) is 0.370. The number of nitrogens with one attached hydrogen (secondary N) is 1. The fourth-order valence-corrected chi connectivity index (χ4v) is 6.48. The number of carbonyl (C=O) groups excluding carboxylic acids is 2. The van der Waals surface area contributed by atoms with E-state index in [9.17, 15) is 14.7 Å². The van der Waals surface area contributed by atoms with E-state index >= 15 is 0 Å². The summed E-state index contributed by atoms with van der Waals surface area (Å²) >= 11 is 13.0. The van der Waals surface area contributed by atoms with E-state index in [-0.39, 0.29) is 11.8 Å². The van der Waals surface area contributed by atoms with Crippen LogP contribution >= 0.6 is 23.2 Å². The van der Waals surface area contributed by atoms with Crippen molar-refractivity contribution in [2.45, 2.75) is 56.2 Å². The van der Waals surface area contributed by atoms with Crippen molar-refractivity contribution >= 4 is 35.0 Å². The van der Waals surface area contributed by atoms with Gasteiger partial charge in [0.1, 0.15) is 5.75 Å². The van der Waals surface area contributed by atoms with E-state index < -0.39 is 24.1 Å². The first kappa shape index (κ1) is 27.5. The normalized spacial score (nSPS) is 22.8. The number of aliphatic hydroxyl groups is 1. The van der Waals surface area contributed by atoms with E-state index in [1.165, 1.54) is 0 Å². The van der Waals surface area contributed by atoms with Gasteiger partial charge in [0.15, 0.2) is 0 Å². The van der Waals surface area contributed by atoms with E-state index in [4.69, 9.17) is 27.9 Å². The number of nitrogens with zero attached hydrogens (tertiary/aromatic N) is 1. The molecule has 2 N–H and O–H groups in total. The minimum atomic E-state index is -0.725. The largest absolute Gasteiger partial charge is 0.497 e. The molecule has 6 nitrogen and oxygen atoms in total. The third-order valence-corrected chi connectivity index (χ3v) is 8.40. The van der Waals surface area contributed by atoms with Crippen LogP contribution in [0.5, 0.6) is 5.75 Å². The summed E-state index contributed by atoms with van der Waals surface area (Å²) in [6.45, 7) is 0.408. The molecule has 2 amide bonds. The number of amides is 2. The lowest BCUT2D eigenvalue weighted by Crippen LogP contribution is -2.55. The molecule has 1 saturated carbocycles. The Morgan fingerprint density at radius 3 is 2.59 bits per heavy atom. The average Bonchev–Trinajstić information content (AvgIpc) is 2.94. The fraction of sp³-hybridized carbons (Fsp3) is 0.355. The van der Waals surface area contributed by atoms with Crippen molar-refractivity contribution in [2.75, 3.05) is 13.7 Å². The molecule has 3 aromatic carbocycles. The van der Waals surface area contributed by atoms with Crippen LogP contribution in [-0.2, 0) is 11.2 Å². The molecule has 39 heavy (non-hydrogen) atoms. The van der Waals surface area contributed by atoms with E-state index in [2.05, 4.69) is 5.32 Å². The lowest BCUT2D eigenvalue weighted by atomic mass is 9.76.